The zero-order valence-electron chi connectivity index (χ0n) is 7.23. The maximum absolute atomic E-state index is 12.4. The lowest BCUT2D eigenvalue weighted by molar-refractivity contribution is -0.147. The molecule has 3 N–H and O–H groups in total. The minimum Gasteiger partial charge on any atom is -0.382 e. The average molecular weight is 206 g/mol. The van der Waals surface area contributed by atoms with Crippen LogP contribution in [0.4, 0.5) is 19.0 Å². The van der Waals surface area contributed by atoms with Crippen molar-refractivity contribution in [2.75, 3.05) is 12.3 Å². The highest BCUT2D eigenvalue weighted by Gasteiger charge is 2.38. The third-order valence-electron chi connectivity index (χ3n) is 2.16. The van der Waals surface area contributed by atoms with Crippen LogP contribution in [-0.4, -0.2) is 16.1 Å². The van der Waals surface area contributed by atoms with Crippen LogP contribution in [0.5, 0.6) is 0 Å². The summed E-state index contributed by atoms with van der Waals surface area (Å²) in [5, 5.41) is 2.94. The lowest BCUT2D eigenvalue weighted by Crippen LogP contribution is -2.30. The fourth-order valence-corrected chi connectivity index (χ4v) is 1.55. The summed E-state index contributed by atoms with van der Waals surface area (Å²) in [6.07, 6.45) is -4.43. The number of anilines is 1. The average Bonchev–Trinajstić information content (AvgIpc) is 2.44. The van der Waals surface area contributed by atoms with Crippen molar-refractivity contribution in [1.29, 1.82) is 0 Å². The Morgan fingerprint density at radius 2 is 2.14 bits per heavy atom. The Morgan fingerprint density at radius 3 is 2.79 bits per heavy atom. The van der Waals surface area contributed by atoms with E-state index >= 15 is 0 Å². The van der Waals surface area contributed by atoms with E-state index in [2.05, 4.69) is 10.3 Å². The molecular weight excluding hydrogens is 197 g/mol. The Balaban J connectivity index is 2.52. The number of alkyl halides is 3. The third kappa shape index (κ3) is 1.33. The molecule has 2 rings (SSSR count). The summed E-state index contributed by atoms with van der Waals surface area (Å²) in [4.78, 5) is 3.34. The highest BCUT2D eigenvalue weighted by atomic mass is 19.4. The molecule has 0 unspecified atom stereocenters. The van der Waals surface area contributed by atoms with Gasteiger partial charge in [-0.05, 0) is 0 Å². The van der Waals surface area contributed by atoms with Gasteiger partial charge in [-0.2, -0.15) is 13.2 Å². The Hall–Kier alpha value is -1.24. The zero-order valence-corrected chi connectivity index (χ0v) is 7.23. The normalized spacial score (nSPS) is 16.8. The van der Waals surface area contributed by atoms with Gasteiger partial charge in [-0.3, -0.25) is 0 Å². The molecule has 0 saturated carbocycles. The van der Waals surface area contributed by atoms with Crippen LogP contribution in [0.15, 0.2) is 0 Å². The molecule has 0 spiro atoms. The van der Waals surface area contributed by atoms with E-state index in [4.69, 9.17) is 5.73 Å². The molecule has 0 atom stereocenters. The summed E-state index contributed by atoms with van der Waals surface area (Å²) in [5.41, 5.74) is 5.81. The molecule has 0 saturated heterocycles. The molecule has 14 heavy (non-hydrogen) atoms. The molecule has 1 aliphatic rings. The van der Waals surface area contributed by atoms with Gasteiger partial charge >= 0.3 is 6.18 Å². The van der Waals surface area contributed by atoms with Gasteiger partial charge < -0.3 is 15.6 Å². The number of nitrogen functional groups attached to an aromatic ring is 1. The van der Waals surface area contributed by atoms with Crippen LogP contribution in [0, 0.1) is 0 Å². The van der Waals surface area contributed by atoms with E-state index in [0.717, 1.165) is 4.57 Å². The SMILES string of the molecule is Nc1nc(C(F)(F)F)n2c1CNCC2. The number of nitrogens with two attached hydrogens (primary N) is 1. The summed E-state index contributed by atoms with van der Waals surface area (Å²) in [6, 6.07) is 0. The van der Waals surface area contributed by atoms with Crippen molar-refractivity contribution in [3.8, 4) is 0 Å². The first-order valence-electron chi connectivity index (χ1n) is 4.13. The highest BCUT2D eigenvalue weighted by Crippen LogP contribution is 2.31. The summed E-state index contributed by atoms with van der Waals surface area (Å²) < 4.78 is 38.4. The van der Waals surface area contributed by atoms with Crippen LogP contribution >= 0.6 is 0 Å². The van der Waals surface area contributed by atoms with E-state index in [1.807, 2.05) is 0 Å². The fraction of sp³-hybridized carbons (Fsp3) is 0.571. The number of rotatable bonds is 0. The molecule has 0 amide bonds. The summed E-state index contributed by atoms with van der Waals surface area (Å²) in [5.74, 6) is -0.934. The van der Waals surface area contributed by atoms with Crippen molar-refractivity contribution in [3.05, 3.63) is 11.5 Å². The molecule has 4 nitrogen and oxygen atoms in total. The Labute approximate surface area is 77.9 Å². The van der Waals surface area contributed by atoms with Crippen LogP contribution < -0.4 is 11.1 Å². The van der Waals surface area contributed by atoms with E-state index in [1.54, 1.807) is 0 Å². The quantitative estimate of drug-likeness (QED) is 0.653. The van der Waals surface area contributed by atoms with Crippen LogP contribution in [0.3, 0.4) is 0 Å². The first-order chi connectivity index (χ1) is 6.50. The molecule has 0 radical (unpaired) electrons. The number of fused-ring (bicyclic) bond motifs is 1. The van der Waals surface area contributed by atoms with Crippen molar-refractivity contribution < 1.29 is 13.2 Å². The maximum atomic E-state index is 12.4. The van der Waals surface area contributed by atoms with Gasteiger partial charge in [-0.1, -0.05) is 0 Å². The first-order valence-corrected chi connectivity index (χ1v) is 4.13. The highest BCUT2D eigenvalue weighted by molar-refractivity contribution is 5.38. The maximum Gasteiger partial charge on any atom is 0.449 e. The van der Waals surface area contributed by atoms with E-state index < -0.39 is 12.0 Å². The standard InChI is InChI=1S/C7H9F3N4/c8-7(9,10)6-13-5(11)4-3-12-1-2-14(4)6/h12H,1-3,11H2. The monoisotopic (exact) mass is 206 g/mol. The Kier molecular flexibility index (Phi) is 1.91. The number of nitrogens with zero attached hydrogens (tertiary/aromatic N) is 2. The Bertz CT molecular complexity index is 355. The number of nitrogens with one attached hydrogen (secondary N) is 1. The molecule has 1 aromatic heterocycles. The minimum absolute atomic E-state index is 0.0375. The molecule has 1 aliphatic heterocycles. The Morgan fingerprint density at radius 1 is 1.43 bits per heavy atom. The van der Waals surface area contributed by atoms with Crippen molar-refractivity contribution in [2.24, 2.45) is 0 Å². The summed E-state index contributed by atoms with van der Waals surface area (Å²) in [7, 11) is 0. The molecule has 1 aromatic rings. The van der Waals surface area contributed by atoms with Gasteiger partial charge in [0.25, 0.3) is 0 Å². The van der Waals surface area contributed by atoms with Gasteiger partial charge in [0, 0.05) is 19.6 Å². The van der Waals surface area contributed by atoms with E-state index in [9.17, 15) is 13.2 Å². The van der Waals surface area contributed by atoms with E-state index in [1.165, 1.54) is 0 Å². The number of hydrogen-bond acceptors (Lipinski definition) is 3. The van der Waals surface area contributed by atoms with Gasteiger partial charge in [0.15, 0.2) is 0 Å². The smallest absolute Gasteiger partial charge is 0.382 e. The number of aromatic nitrogens is 2. The lowest BCUT2D eigenvalue weighted by atomic mass is 10.3. The van der Waals surface area contributed by atoms with Crippen LogP contribution in [0.25, 0.3) is 0 Å². The largest absolute Gasteiger partial charge is 0.449 e. The topological polar surface area (TPSA) is 55.9 Å². The molecule has 2 heterocycles. The van der Waals surface area contributed by atoms with Crippen molar-refractivity contribution in [3.63, 3.8) is 0 Å². The van der Waals surface area contributed by atoms with Gasteiger partial charge in [-0.15, -0.1) is 0 Å². The predicted octanol–water partition coefficient (Wildman–Crippen LogP) is 0.587. The van der Waals surface area contributed by atoms with Crippen molar-refractivity contribution >= 4 is 5.82 Å². The van der Waals surface area contributed by atoms with E-state index in [0.29, 0.717) is 18.8 Å². The summed E-state index contributed by atoms with van der Waals surface area (Å²) >= 11 is 0. The van der Waals surface area contributed by atoms with Crippen LogP contribution in [0.2, 0.25) is 0 Å². The van der Waals surface area contributed by atoms with Gasteiger partial charge in [0.1, 0.15) is 5.82 Å². The molecule has 78 valence electrons. The second-order valence-corrected chi connectivity index (χ2v) is 3.09. The molecule has 0 aliphatic carbocycles. The molecule has 7 heteroatoms. The van der Waals surface area contributed by atoms with Crippen molar-refractivity contribution in [2.45, 2.75) is 19.3 Å². The van der Waals surface area contributed by atoms with Gasteiger partial charge in [-0.25, -0.2) is 4.98 Å². The molecule has 0 fully saturated rings. The van der Waals surface area contributed by atoms with Crippen LogP contribution in [-0.2, 0) is 19.3 Å². The number of imidazole rings is 1. The second kappa shape index (κ2) is 2.88. The van der Waals surface area contributed by atoms with E-state index in [-0.39, 0.29) is 12.4 Å². The summed E-state index contributed by atoms with van der Waals surface area (Å²) in [6.45, 7) is 1.11. The molecular formula is C7H9F3N4. The third-order valence-corrected chi connectivity index (χ3v) is 2.16. The fourth-order valence-electron chi connectivity index (χ4n) is 1.55. The van der Waals surface area contributed by atoms with Crippen LogP contribution in [0.1, 0.15) is 11.5 Å². The minimum atomic E-state index is -4.43. The molecule has 0 bridgehead atoms. The number of halogens is 3. The number of hydrogen-bond donors (Lipinski definition) is 2. The predicted molar refractivity (Wildman–Crippen MR) is 43.3 cm³/mol. The lowest BCUT2D eigenvalue weighted by Gasteiger charge is -2.18. The first kappa shape index (κ1) is 9.32. The molecule has 0 aromatic carbocycles. The van der Waals surface area contributed by atoms with Gasteiger partial charge in [0.05, 0.1) is 5.69 Å². The van der Waals surface area contributed by atoms with Crippen molar-refractivity contribution in [1.82, 2.24) is 14.9 Å². The van der Waals surface area contributed by atoms with Gasteiger partial charge in [0.2, 0.25) is 5.82 Å². The zero-order chi connectivity index (χ0) is 10.3. The second-order valence-electron chi connectivity index (χ2n) is 3.09.